The molecule has 29 heteroatoms. The van der Waals surface area contributed by atoms with Crippen LogP contribution in [0.5, 0.6) is 0 Å². The summed E-state index contributed by atoms with van der Waals surface area (Å²) in [6.07, 6.45) is 2.07. The van der Waals surface area contributed by atoms with E-state index in [1.807, 2.05) is 20.8 Å². The summed E-state index contributed by atoms with van der Waals surface area (Å²) in [6.45, 7) is 7.83. The molecule has 0 bridgehead atoms. The van der Waals surface area contributed by atoms with Gasteiger partial charge in [0.1, 0.15) is 47.8 Å². The molecule has 1 aromatic carbocycles. The highest BCUT2D eigenvalue weighted by Crippen LogP contribution is 2.37. The van der Waals surface area contributed by atoms with Gasteiger partial charge in [0.25, 0.3) is 0 Å². The van der Waals surface area contributed by atoms with Crippen LogP contribution in [0.3, 0.4) is 0 Å². The average Bonchev–Trinajstić information content (AvgIpc) is 1.77. The SMILES string of the molecule is CC[C@H](C)[C@@H]1NC(=O)[C@H](CC(C)C)N(C)C(=O)C[C@@H](C(=O)N2CCCCC2)N(C)C(=O)[C@H]([C@@H](C)OC)N(C)C(=O)C2(CCCC2)NC(=O)[C@@H]2CCCN2C(=O)[C@H](CCc2ccc(C(F)(F)F)c(Cl)c2)NC(=O)CN(C)C(=O)[C@H](CC2CCCCC2)N(C)C(=O)CN(C)C(=O)CN(C)C1=O. The number of amides is 12. The number of alkyl halides is 3. The quantitative estimate of drug-likeness (QED) is 0.252. The van der Waals surface area contributed by atoms with Gasteiger partial charge in [-0.05, 0) is 113 Å². The van der Waals surface area contributed by atoms with Crippen molar-refractivity contribution in [3.63, 3.8) is 0 Å². The third-order valence-corrected chi connectivity index (χ3v) is 21.4. The standard InChI is InChI=1S/C70H108ClF3N12O13/c1-14-44(4)59-66(96)80(8)41-57(89)78(6)42-58(90)82(10)53(38-46-24-17-15-18-25-46)64(94)79(7)40-55(87)75-50(30-28-47-27-29-48(49(71)37-47)70(72,73)74)63(93)86-35-23-26-51(86)62(92)77-69(31-19-20-32-69)68(98)84(12)60(45(5)99-13)67(97)83(11)54(65(95)85-33-21-16-22-34-85)39-56(88)81(9)52(36-43(2)3)61(91)76-59/h27,29,37,43-46,50-54,59-60H,14-26,28,30-36,38-42H2,1-13H3,(H,75,87)(H,76,91)(H,77,92)/t44-,45+,50-,51-,52-,53-,54-,59-,60-/m0/s1. The summed E-state index contributed by atoms with van der Waals surface area (Å²) in [5, 5.41) is 8.04. The number of likely N-dealkylation sites (tertiary alicyclic amines) is 1. The minimum atomic E-state index is -4.77. The Labute approximate surface area is 586 Å². The van der Waals surface area contributed by atoms with E-state index in [1.165, 1.54) is 82.1 Å². The van der Waals surface area contributed by atoms with Crippen molar-refractivity contribution < 1.29 is 75.4 Å². The van der Waals surface area contributed by atoms with Crippen molar-refractivity contribution in [1.29, 1.82) is 0 Å². The first-order valence-corrected chi connectivity index (χ1v) is 35.6. The monoisotopic (exact) mass is 1420 g/mol. The van der Waals surface area contributed by atoms with E-state index < -0.39 is 174 Å². The number of carbonyl (C=O) groups is 12. The van der Waals surface area contributed by atoms with E-state index in [-0.39, 0.29) is 68.9 Å². The number of methoxy groups -OCH3 is 1. The topological polar surface area (TPSA) is 279 Å². The summed E-state index contributed by atoms with van der Waals surface area (Å²) in [5.41, 5.74) is -2.43. The Morgan fingerprint density at radius 2 is 1.26 bits per heavy atom. The van der Waals surface area contributed by atoms with E-state index in [4.69, 9.17) is 16.3 Å². The van der Waals surface area contributed by atoms with Gasteiger partial charge in [-0.25, -0.2) is 0 Å². The van der Waals surface area contributed by atoms with E-state index in [9.17, 15) is 51.5 Å². The molecule has 0 radical (unpaired) electrons. The zero-order valence-electron chi connectivity index (χ0n) is 60.3. The number of carbonyl (C=O) groups excluding carboxylic acids is 12. The van der Waals surface area contributed by atoms with Crippen molar-refractivity contribution in [1.82, 2.24) is 60.0 Å². The van der Waals surface area contributed by atoms with Crippen LogP contribution in [0.4, 0.5) is 13.2 Å². The van der Waals surface area contributed by atoms with Crippen molar-refractivity contribution in [2.24, 2.45) is 17.8 Å². The van der Waals surface area contributed by atoms with Crippen LogP contribution < -0.4 is 16.0 Å². The lowest BCUT2D eigenvalue weighted by molar-refractivity contribution is -0.158. The van der Waals surface area contributed by atoms with Crippen molar-refractivity contribution in [3.05, 3.63) is 34.3 Å². The molecule has 9 atom stereocenters. The van der Waals surface area contributed by atoms with Gasteiger partial charge < -0.3 is 64.8 Å². The number of nitrogens with one attached hydrogen (secondary N) is 3. The van der Waals surface area contributed by atoms with Gasteiger partial charge in [0.2, 0.25) is 70.9 Å². The molecule has 99 heavy (non-hydrogen) atoms. The summed E-state index contributed by atoms with van der Waals surface area (Å²) in [7, 11) is 11.1. The number of halogens is 4. The Hall–Kier alpha value is -7.10. The van der Waals surface area contributed by atoms with E-state index in [1.54, 1.807) is 18.7 Å². The van der Waals surface area contributed by atoms with Gasteiger partial charge in [0, 0.05) is 76.1 Å². The third kappa shape index (κ3) is 20.6. The number of piperidine rings is 1. The number of nitrogens with zero attached hydrogens (tertiary/aromatic N) is 9. The summed E-state index contributed by atoms with van der Waals surface area (Å²) in [4.78, 5) is 189. The zero-order valence-corrected chi connectivity index (χ0v) is 61.1. The molecule has 1 aromatic rings. The zero-order chi connectivity index (χ0) is 73.5. The van der Waals surface area contributed by atoms with Crippen LogP contribution in [0.2, 0.25) is 5.02 Å². The first kappa shape index (κ1) is 80.9. The minimum absolute atomic E-state index is 0.0132. The lowest BCUT2D eigenvalue weighted by Crippen LogP contribution is -2.66. The maximum Gasteiger partial charge on any atom is 0.417 e. The van der Waals surface area contributed by atoms with Gasteiger partial charge in [-0.15, -0.1) is 0 Å². The van der Waals surface area contributed by atoms with Crippen LogP contribution in [-0.2, 0) is 74.9 Å². The van der Waals surface area contributed by atoms with Crippen LogP contribution in [-0.4, -0.2) is 265 Å². The van der Waals surface area contributed by atoms with Gasteiger partial charge in [-0.3, -0.25) is 57.5 Å². The van der Waals surface area contributed by atoms with Crippen LogP contribution in [0.25, 0.3) is 0 Å². The molecule has 2 aliphatic carbocycles. The van der Waals surface area contributed by atoms with Gasteiger partial charge in [-0.1, -0.05) is 96.7 Å². The number of rotatable bonds is 12. The van der Waals surface area contributed by atoms with Crippen molar-refractivity contribution in [2.45, 2.75) is 223 Å². The molecule has 5 fully saturated rings. The molecule has 0 aromatic heterocycles. The second-order valence-corrected chi connectivity index (χ2v) is 29.1. The van der Waals surface area contributed by atoms with Crippen LogP contribution in [0.15, 0.2) is 18.2 Å². The number of likely N-dealkylation sites (N-methyl/N-ethyl adjacent to an activating group) is 7. The molecule has 3 N–H and O–H groups in total. The molecule has 554 valence electrons. The van der Waals surface area contributed by atoms with Crippen LogP contribution >= 0.6 is 11.6 Å². The predicted octanol–water partition coefficient (Wildman–Crippen LogP) is 4.88. The fourth-order valence-corrected chi connectivity index (χ4v) is 14.8. The Balaban J connectivity index is 1.43. The van der Waals surface area contributed by atoms with Crippen LogP contribution in [0.1, 0.15) is 168 Å². The molecule has 0 unspecified atom stereocenters. The van der Waals surface area contributed by atoms with E-state index in [0.717, 1.165) is 70.3 Å². The molecule has 3 saturated heterocycles. The Bertz CT molecular complexity index is 3070. The number of fused-ring (bicyclic) bond motifs is 1. The summed E-state index contributed by atoms with van der Waals surface area (Å²) < 4.78 is 47.4. The van der Waals surface area contributed by atoms with Gasteiger partial charge in [-0.2, -0.15) is 13.2 Å². The minimum Gasteiger partial charge on any atom is -0.379 e. The molecular weight excluding hydrogens is 1310 g/mol. The first-order chi connectivity index (χ1) is 46.6. The fraction of sp³-hybridized carbons (Fsp3) is 0.743. The number of benzene rings is 1. The highest BCUT2D eigenvalue weighted by Gasteiger charge is 2.51. The molecule has 25 nitrogen and oxygen atoms in total. The molecule has 1 spiro atoms. The normalized spacial score (nSPS) is 26.3. The summed E-state index contributed by atoms with van der Waals surface area (Å²) >= 11 is 6.14. The van der Waals surface area contributed by atoms with Gasteiger partial charge in [0.05, 0.1) is 42.7 Å². The lowest BCUT2D eigenvalue weighted by Gasteiger charge is -2.42. The fourth-order valence-electron chi connectivity index (χ4n) is 14.5. The Morgan fingerprint density at radius 1 is 0.657 bits per heavy atom. The van der Waals surface area contributed by atoms with E-state index in [0.29, 0.717) is 51.6 Å². The number of hydrogen-bond acceptors (Lipinski definition) is 13. The molecular formula is C70H108ClF3N12O13. The van der Waals surface area contributed by atoms with E-state index >= 15 is 19.2 Å². The van der Waals surface area contributed by atoms with Gasteiger partial charge in [0.15, 0.2) is 0 Å². The molecule has 6 rings (SSSR count). The molecule has 2 saturated carbocycles. The molecule has 3 aliphatic heterocycles. The Kier molecular flexibility index (Phi) is 29.4. The largest absolute Gasteiger partial charge is 0.417 e. The predicted molar refractivity (Wildman–Crippen MR) is 363 cm³/mol. The summed E-state index contributed by atoms with van der Waals surface area (Å²) in [5.74, 6) is -8.90. The van der Waals surface area contributed by atoms with E-state index in [2.05, 4.69) is 16.0 Å². The first-order valence-electron chi connectivity index (χ1n) is 35.3. The summed E-state index contributed by atoms with van der Waals surface area (Å²) in [6, 6.07) is -6.02. The molecule has 5 aliphatic rings. The maximum absolute atomic E-state index is 15.5. The smallest absolute Gasteiger partial charge is 0.379 e. The highest BCUT2D eigenvalue weighted by atomic mass is 35.5. The van der Waals surface area contributed by atoms with Crippen molar-refractivity contribution >= 4 is 82.5 Å². The number of hydrogen-bond donors (Lipinski definition) is 3. The highest BCUT2D eigenvalue weighted by molar-refractivity contribution is 6.31. The lowest BCUT2D eigenvalue weighted by atomic mass is 9.84. The Morgan fingerprint density at radius 3 is 1.86 bits per heavy atom. The third-order valence-electron chi connectivity index (χ3n) is 21.1. The molecule has 3 heterocycles. The second kappa shape index (κ2) is 36.0. The van der Waals surface area contributed by atoms with Crippen molar-refractivity contribution in [3.8, 4) is 0 Å². The number of aryl methyl sites for hydroxylation is 1. The molecule has 12 amide bonds. The van der Waals surface area contributed by atoms with Crippen LogP contribution in [0, 0.1) is 17.8 Å². The number of ether oxygens (including phenoxy) is 1. The maximum atomic E-state index is 15.5. The second-order valence-electron chi connectivity index (χ2n) is 28.7. The van der Waals surface area contributed by atoms with Crippen molar-refractivity contribution in [2.75, 3.05) is 95.7 Å². The van der Waals surface area contributed by atoms with Gasteiger partial charge >= 0.3 is 6.18 Å². The average molecular weight is 1420 g/mol.